The van der Waals surface area contributed by atoms with Crippen LogP contribution in [-0.2, 0) is 16.6 Å². The molecule has 3 amide bonds. The second-order valence-electron chi connectivity index (χ2n) is 6.86. The lowest BCUT2D eigenvalue weighted by atomic mass is 9.90. The maximum atomic E-state index is 13.0. The Morgan fingerprint density at radius 3 is 2.50 bits per heavy atom. The predicted octanol–water partition coefficient (Wildman–Crippen LogP) is 1.59. The molecule has 2 aromatic rings. The van der Waals surface area contributed by atoms with Crippen molar-refractivity contribution in [2.75, 3.05) is 25.1 Å². The Morgan fingerprint density at radius 2 is 1.86 bits per heavy atom. The van der Waals surface area contributed by atoms with Crippen molar-refractivity contribution in [3.05, 3.63) is 42.1 Å². The Labute approximate surface area is 161 Å². The second kappa shape index (κ2) is 6.66. The van der Waals surface area contributed by atoms with Gasteiger partial charge in [-0.25, -0.2) is 9.69 Å². The first-order valence-corrected chi connectivity index (χ1v) is 8.95. The number of aromatic nitrogens is 2. The van der Waals surface area contributed by atoms with E-state index in [-0.39, 0.29) is 30.5 Å². The summed E-state index contributed by atoms with van der Waals surface area (Å²) in [5, 5.41) is 4.10. The Hall–Kier alpha value is -3.36. The quantitative estimate of drug-likeness (QED) is 0.798. The van der Waals surface area contributed by atoms with Gasteiger partial charge in [-0.3, -0.25) is 14.3 Å². The number of rotatable bonds is 3. The molecule has 9 nitrogen and oxygen atoms in total. The van der Waals surface area contributed by atoms with Gasteiger partial charge in [0.2, 0.25) is 5.88 Å². The molecule has 2 aliphatic heterocycles. The number of hydrogen-bond acceptors (Lipinski definition) is 6. The third kappa shape index (κ3) is 2.79. The maximum Gasteiger partial charge on any atom is 0.422 e. The number of amides is 3. The minimum absolute atomic E-state index is 0.225. The van der Waals surface area contributed by atoms with Gasteiger partial charge in [-0.1, -0.05) is 18.2 Å². The molecule has 0 N–H and O–H groups in total. The number of likely N-dealkylation sites (tertiary alicyclic amines) is 1. The van der Waals surface area contributed by atoms with Gasteiger partial charge in [-0.15, -0.1) is 5.10 Å². The van der Waals surface area contributed by atoms with Crippen molar-refractivity contribution in [3.63, 3.8) is 0 Å². The summed E-state index contributed by atoms with van der Waals surface area (Å²) in [5.41, 5.74) is -0.377. The fourth-order valence-corrected chi connectivity index (χ4v) is 3.67. The van der Waals surface area contributed by atoms with Gasteiger partial charge < -0.3 is 14.4 Å². The zero-order chi connectivity index (χ0) is 19.9. The van der Waals surface area contributed by atoms with E-state index >= 15 is 0 Å². The molecule has 0 unspecified atom stereocenters. The summed E-state index contributed by atoms with van der Waals surface area (Å²) in [6.07, 6.45) is 1.42. The lowest BCUT2D eigenvalue weighted by Crippen LogP contribution is -2.51. The van der Waals surface area contributed by atoms with Crippen molar-refractivity contribution in [2.24, 2.45) is 7.05 Å². The highest BCUT2D eigenvalue weighted by atomic mass is 16.6. The molecule has 28 heavy (non-hydrogen) atoms. The molecule has 0 saturated carbocycles. The van der Waals surface area contributed by atoms with E-state index in [2.05, 4.69) is 5.10 Å². The standard InChI is InChI=1S/C19H20N4O5/c1-21-12-14(15(20-21)27-2)16(24)22-10-8-19(9-11-22)17(25)23(18(26)28-19)13-6-4-3-5-7-13/h3-7,12H,8-11H2,1-2H3. The SMILES string of the molecule is COc1nn(C)cc1C(=O)N1CCC2(CC1)OC(=O)N(c1ccccc1)C2=O. The molecule has 2 aliphatic rings. The number of aryl methyl sites for hydroxylation is 1. The Kier molecular flexibility index (Phi) is 4.29. The van der Waals surface area contributed by atoms with Gasteiger partial charge >= 0.3 is 6.09 Å². The predicted molar refractivity (Wildman–Crippen MR) is 98.0 cm³/mol. The van der Waals surface area contributed by atoms with Crippen molar-refractivity contribution in [1.82, 2.24) is 14.7 Å². The first-order valence-electron chi connectivity index (χ1n) is 8.95. The van der Waals surface area contributed by atoms with Crippen LogP contribution in [0.3, 0.4) is 0 Å². The monoisotopic (exact) mass is 384 g/mol. The Balaban J connectivity index is 1.50. The normalized spacial score (nSPS) is 18.5. The number of benzene rings is 1. The van der Waals surface area contributed by atoms with Crippen LogP contribution < -0.4 is 9.64 Å². The number of anilines is 1. The fourth-order valence-electron chi connectivity index (χ4n) is 3.67. The van der Waals surface area contributed by atoms with Crippen LogP contribution in [0.4, 0.5) is 10.5 Å². The van der Waals surface area contributed by atoms with E-state index in [0.29, 0.717) is 24.3 Å². The van der Waals surface area contributed by atoms with Crippen molar-refractivity contribution < 1.29 is 23.9 Å². The fraction of sp³-hybridized carbons (Fsp3) is 0.368. The van der Waals surface area contributed by atoms with Crippen LogP contribution in [0.5, 0.6) is 5.88 Å². The summed E-state index contributed by atoms with van der Waals surface area (Å²) < 4.78 is 12.2. The van der Waals surface area contributed by atoms with Crippen LogP contribution in [0.25, 0.3) is 0 Å². The van der Waals surface area contributed by atoms with Gasteiger partial charge in [0.25, 0.3) is 11.8 Å². The van der Waals surface area contributed by atoms with E-state index in [0.717, 1.165) is 4.90 Å². The van der Waals surface area contributed by atoms with Crippen molar-refractivity contribution >= 4 is 23.6 Å². The average Bonchev–Trinajstić information content (AvgIpc) is 3.20. The van der Waals surface area contributed by atoms with E-state index in [1.54, 1.807) is 42.4 Å². The second-order valence-corrected chi connectivity index (χ2v) is 6.86. The van der Waals surface area contributed by atoms with Gasteiger partial charge in [0.15, 0.2) is 5.60 Å². The highest BCUT2D eigenvalue weighted by Crippen LogP contribution is 2.37. The first-order chi connectivity index (χ1) is 13.4. The minimum atomic E-state index is -1.22. The lowest BCUT2D eigenvalue weighted by molar-refractivity contribution is -0.133. The number of piperidine rings is 1. The largest absolute Gasteiger partial charge is 0.479 e. The van der Waals surface area contributed by atoms with Gasteiger partial charge in [0.1, 0.15) is 5.56 Å². The molecular formula is C19H20N4O5. The van der Waals surface area contributed by atoms with E-state index < -0.39 is 11.7 Å². The third-order valence-electron chi connectivity index (χ3n) is 5.15. The molecule has 3 heterocycles. The number of para-hydroxylation sites is 1. The molecule has 1 spiro atoms. The number of ether oxygens (including phenoxy) is 2. The van der Waals surface area contributed by atoms with E-state index in [1.165, 1.54) is 11.8 Å². The number of hydrogen-bond donors (Lipinski definition) is 0. The Bertz CT molecular complexity index is 931. The van der Waals surface area contributed by atoms with Crippen LogP contribution >= 0.6 is 0 Å². The molecule has 0 radical (unpaired) electrons. The topological polar surface area (TPSA) is 94.0 Å². The van der Waals surface area contributed by atoms with Gasteiger partial charge in [-0.2, -0.15) is 0 Å². The third-order valence-corrected chi connectivity index (χ3v) is 5.15. The molecule has 9 heteroatoms. The van der Waals surface area contributed by atoms with Crippen LogP contribution in [0.1, 0.15) is 23.2 Å². The zero-order valence-corrected chi connectivity index (χ0v) is 15.6. The van der Waals surface area contributed by atoms with Gasteiger partial charge in [0.05, 0.1) is 12.8 Å². The molecule has 4 rings (SSSR count). The molecule has 2 saturated heterocycles. The van der Waals surface area contributed by atoms with Crippen molar-refractivity contribution in [3.8, 4) is 5.88 Å². The van der Waals surface area contributed by atoms with Crippen LogP contribution in [0.15, 0.2) is 36.5 Å². The number of methoxy groups -OCH3 is 1. The molecule has 1 aromatic heterocycles. The summed E-state index contributed by atoms with van der Waals surface area (Å²) in [5.74, 6) is -0.349. The smallest absolute Gasteiger partial charge is 0.422 e. The molecule has 0 bridgehead atoms. The summed E-state index contributed by atoms with van der Waals surface area (Å²) in [6, 6.07) is 8.69. The van der Waals surface area contributed by atoms with Crippen LogP contribution in [0, 0.1) is 0 Å². The number of imide groups is 1. The summed E-state index contributed by atoms with van der Waals surface area (Å²) in [6.45, 7) is 0.580. The summed E-state index contributed by atoms with van der Waals surface area (Å²) in [7, 11) is 3.17. The highest BCUT2D eigenvalue weighted by molar-refractivity contribution is 6.20. The molecule has 0 aliphatic carbocycles. The number of carbonyl (C=O) groups excluding carboxylic acids is 3. The molecule has 1 aromatic carbocycles. The average molecular weight is 384 g/mol. The van der Waals surface area contributed by atoms with E-state index in [1.807, 2.05) is 6.07 Å². The lowest BCUT2D eigenvalue weighted by Gasteiger charge is -2.35. The molecular weight excluding hydrogens is 364 g/mol. The molecule has 2 fully saturated rings. The van der Waals surface area contributed by atoms with Crippen molar-refractivity contribution in [1.29, 1.82) is 0 Å². The number of carbonyl (C=O) groups is 3. The molecule has 0 atom stereocenters. The van der Waals surface area contributed by atoms with E-state index in [4.69, 9.17) is 9.47 Å². The first kappa shape index (κ1) is 18.0. The summed E-state index contributed by atoms with van der Waals surface area (Å²) >= 11 is 0. The maximum absolute atomic E-state index is 13.0. The van der Waals surface area contributed by atoms with Crippen molar-refractivity contribution in [2.45, 2.75) is 18.4 Å². The minimum Gasteiger partial charge on any atom is -0.479 e. The van der Waals surface area contributed by atoms with Crippen LogP contribution in [0.2, 0.25) is 0 Å². The Morgan fingerprint density at radius 1 is 1.18 bits per heavy atom. The van der Waals surface area contributed by atoms with E-state index in [9.17, 15) is 14.4 Å². The molecule has 146 valence electrons. The van der Waals surface area contributed by atoms with Gasteiger partial charge in [0, 0.05) is 39.2 Å². The highest BCUT2D eigenvalue weighted by Gasteiger charge is 2.56. The number of nitrogens with zero attached hydrogens (tertiary/aromatic N) is 4. The van der Waals surface area contributed by atoms with Gasteiger partial charge in [-0.05, 0) is 12.1 Å². The zero-order valence-electron chi connectivity index (χ0n) is 15.6. The summed E-state index contributed by atoms with van der Waals surface area (Å²) in [4.78, 5) is 40.9. The van der Waals surface area contributed by atoms with Crippen LogP contribution in [-0.4, -0.2) is 58.4 Å².